The van der Waals surface area contributed by atoms with E-state index in [2.05, 4.69) is 80.7 Å². The molecule has 224 valence electrons. The number of rotatable bonds is 8. The second-order valence-electron chi connectivity index (χ2n) is 12.3. The number of aromatic nitrogens is 1. The zero-order valence-electron chi connectivity index (χ0n) is 25.7. The Labute approximate surface area is 255 Å². The summed E-state index contributed by atoms with van der Waals surface area (Å²) in [5.74, 6) is 1.75. The van der Waals surface area contributed by atoms with Crippen molar-refractivity contribution < 1.29 is 9.47 Å². The summed E-state index contributed by atoms with van der Waals surface area (Å²) in [5.41, 5.74) is 11.4. The van der Waals surface area contributed by atoms with Crippen molar-refractivity contribution in [3.05, 3.63) is 100 Å². The summed E-state index contributed by atoms with van der Waals surface area (Å²) < 4.78 is 12.0. The average molecular weight is 578 g/mol. The number of pyridine rings is 1. The van der Waals surface area contributed by atoms with Crippen molar-refractivity contribution in [1.29, 1.82) is 0 Å². The molecule has 43 heavy (non-hydrogen) atoms. The quantitative estimate of drug-likeness (QED) is 0.370. The van der Waals surface area contributed by atoms with Crippen LogP contribution in [0.15, 0.2) is 66.6 Å². The molecule has 2 aromatic carbocycles. The van der Waals surface area contributed by atoms with Gasteiger partial charge in [0, 0.05) is 87.8 Å². The van der Waals surface area contributed by atoms with Crippen LogP contribution in [-0.4, -0.2) is 73.7 Å². The van der Waals surface area contributed by atoms with Crippen LogP contribution in [0.25, 0.3) is 11.3 Å². The van der Waals surface area contributed by atoms with E-state index in [0.717, 1.165) is 74.0 Å². The fourth-order valence-electron chi connectivity index (χ4n) is 7.01. The molecular weight excluding hydrogens is 534 g/mol. The van der Waals surface area contributed by atoms with Crippen LogP contribution < -0.4 is 14.8 Å². The Bertz CT molecular complexity index is 1500. The smallest absolute Gasteiger partial charge is 0.127 e. The fourth-order valence-corrected chi connectivity index (χ4v) is 7.01. The molecule has 4 heterocycles. The average Bonchev–Trinajstić information content (AvgIpc) is 3.73. The predicted octanol–water partition coefficient (Wildman–Crippen LogP) is 5.68. The van der Waals surface area contributed by atoms with Gasteiger partial charge in [0.15, 0.2) is 0 Å². The van der Waals surface area contributed by atoms with Crippen LogP contribution in [0.5, 0.6) is 11.5 Å². The molecule has 0 spiro atoms. The molecule has 1 aliphatic carbocycles. The van der Waals surface area contributed by atoms with E-state index in [1.807, 2.05) is 12.4 Å². The van der Waals surface area contributed by atoms with Gasteiger partial charge < -0.3 is 19.7 Å². The molecule has 7 nitrogen and oxygen atoms in total. The van der Waals surface area contributed by atoms with E-state index in [9.17, 15) is 0 Å². The molecule has 3 aliphatic heterocycles. The van der Waals surface area contributed by atoms with Gasteiger partial charge in [-0.05, 0) is 78.3 Å². The lowest BCUT2D eigenvalue weighted by atomic mass is 9.90. The molecule has 7 heteroatoms. The number of fused-ring (bicyclic) bond motifs is 1. The van der Waals surface area contributed by atoms with Gasteiger partial charge in [0.1, 0.15) is 11.5 Å². The maximum absolute atomic E-state index is 6.01. The molecule has 0 bridgehead atoms. The highest BCUT2D eigenvalue weighted by Crippen LogP contribution is 2.45. The molecule has 4 aliphatic rings. The Kier molecular flexibility index (Phi) is 7.95. The standard InChI is InChI=1S/C36H43N5O2/c1-39-23-31(29-12-14-37-21-30(29)36(39)27-10-11-27)28-19-34(42-2)32(35(20-28)43-3)24-41-17-15-40(16-18-41)22-25-6-8-26(9-7-25)33-5-4-13-38-33/h6-9,12,14,19-21,23,33,38H,4-5,10-11,13,15-18,22,24H2,1-3H3. The Hall–Kier alpha value is -3.65. The summed E-state index contributed by atoms with van der Waals surface area (Å²) in [7, 11) is 5.67. The Morgan fingerprint density at radius 2 is 1.58 bits per heavy atom. The van der Waals surface area contributed by atoms with Gasteiger partial charge in [-0.3, -0.25) is 14.8 Å². The number of ether oxygens (including phenoxy) is 2. The molecule has 1 atom stereocenters. The molecule has 0 amide bonds. The van der Waals surface area contributed by atoms with Crippen molar-refractivity contribution in [3.63, 3.8) is 0 Å². The van der Waals surface area contributed by atoms with E-state index in [4.69, 9.17) is 9.47 Å². The van der Waals surface area contributed by atoms with E-state index < -0.39 is 0 Å². The summed E-state index contributed by atoms with van der Waals surface area (Å²) in [6, 6.07) is 16.3. The number of methoxy groups -OCH3 is 2. The van der Waals surface area contributed by atoms with Gasteiger partial charge in [0.05, 0.1) is 19.8 Å². The first-order chi connectivity index (χ1) is 21.1. The molecule has 7 rings (SSSR count). The minimum atomic E-state index is 0.535. The summed E-state index contributed by atoms with van der Waals surface area (Å²) in [5, 5.41) is 3.61. The highest BCUT2D eigenvalue weighted by Gasteiger charge is 2.29. The van der Waals surface area contributed by atoms with E-state index in [1.165, 1.54) is 59.2 Å². The minimum absolute atomic E-state index is 0.535. The molecule has 0 radical (unpaired) electrons. The summed E-state index contributed by atoms with van der Waals surface area (Å²) >= 11 is 0. The molecule has 1 aromatic heterocycles. The van der Waals surface area contributed by atoms with Crippen molar-refractivity contribution in [2.45, 2.75) is 44.8 Å². The molecule has 3 fully saturated rings. The number of benzene rings is 2. The normalized spacial score (nSPS) is 20.7. The summed E-state index contributed by atoms with van der Waals surface area (Å²) in [6.07, 6.45) is 11.0. The molecule has 2 saturated heterocycles. The van der Waals surface area contributed by atoms with Gasteiger partial charge >= 0.3 is 0 Å². The number of piperazine rings is 1. The zero-order valence-corrected chi connectivity index (χ0v) is 25.7. The topological polar surface area (TPSA) is 53.1 Å². The van der Waals surface area contributed by atoms with Crippen LogP contribution in [0.3, 0.4) is 0 Å². The second kappa shape index (κ2) is 12.2. The molecular formula is C36H43N5O2. The van der Waals surface area contributed by atoms with E-state index >= 15 is 0 Å². The lowest BCUT2D eigenvalue weighted by molar-refractivity contribution is 0.120. The monoisotopic (exact) mass is 577 g/mol. The number of nitrogens with one attached hydrogen (secondary N) is 1. The summed E-state index contributed by atoms with van der Waals surface area (Å²) in [6.45, 7) is 7.09. The highest BCUT2D eigenvalue weighted by atomic mass is 16.5. The van der Waals surface area contributed by atoms with Crippen LogP contribution in [-0.2, 0) is 13.1 Å². The zero-order chi connectivity index (χ0) is 29.3. The first-order valence-electron chi connectivity index (χ1n) is 15.7. The van der Waals surface area contributed by atoms with Crippen molar-refractivity contribution in [2.24, 2.45) is 0 Å². The van der Waals surface area contributed by atoms with Crippen molar-refractivity contribution >= 4 is 11.3 Å². The van der Waals surface area contributed by atoms with Crippen molar-refractivity contribution in [2.75, 3.05) is 54.0 Å². The SMILES string of the molecule is COc1cc(C2=CN(C)C(=C3CC3)c3cnccc32)cc(OC)c1CN1CCN(Cc2ccc(C3CCCN3)cc2)CC1. The molecule has 1 N–H and O–H groups in total. The van der Waals surface area contributed by atoms with Gasteiger partial charge in [-0.15, -0.1) is 0 Å². The van der Waals surface area contributed by atoms with Crippen LogP contribution in [0.4, 0.5) is 0 Å². The van der Waals surface area contributed by atoms with Crippen molar-refractivity contribution in [1.82, 2.24) is 25.0 Å². The van der Waals surface area contributed by atoms with E-state index in [1.54, 1.807) is 14.2 Å². The Balaban J connectivity index is 1.05. The van der Waals surface area contributed by atoms with E-state index in [-0.39, 0.29) is 0 Å². The largest absolute Gasteiger partial charge is 0.496 e. The number of allylic oxidation sites excluding steroid dienone is 1. The lowest BCUT2D eigenvalue weighted by Crippen LogP contribution is -2.45. The second-order valence-corrected chi connectivity index (χ2v) is 12.3. The van der Waals surface area contributed by atoms with E-state index in [0.29, 0.717) is 6.04 Å². The first-order valence-corrected chi connectivity index (χ1v) is 15.7. The third kappa shape index (κ3) is 5.81. The Morgan fingerprint density at radius 1 is 0.884 bits per heavy atom. The summed E-state index contributed by atoms with van der Waals surface area (Å²) in [4.78, 5) is 11.8. The van der Waals surface area contributed by atoms with Gasteiger partial charge in [-0.2, -0.15) is 0 Å². The Morgan fingerprint density at radius 3 is 2.21 bits per heavy atom. The number of hydrogen-bond donors (Lipinski definition) is 1. The predicted molar refractivity (Wildman–Crippen MR) is 172 cm³/mol. The highest BCUT2D eigenvalue weighted by molar-refractivity contribution is 5.92. The number of nitrogens with zero attached hydrogens (tertiary/aromatic N) is 4. The minimum Gasteiger partial charge on any atom is -0.496 e. The van der Waals surface area contributed by atoms with Gasteiger partial charge in [0.25, 0.3) is 0 Å². The van der Waals surface area contributed by atoms with Crippen LogP contribution in [0.1, 0.15) is 65.1 Å². The third-order valence-corrected chi connectivity index (χ3v) is 9.49. The maximum Gasteiger partial charge on any atom is 0.127 e. The van der Waals surface area contributed by atoms with Crippen LogP contribution in [0, 0.1) is 0 Å². The van der Waals surface area contributed by atoms with Crippen LogP contribution >= 0.6 is 0 Å². The lowest BCUT2D eigenvalue weighted by Gasteiger charge is -2.35. The molecule has 1 unspecified atom stereocenters. The molecule has 3 aromatic rings. The first kappa shape index (κ1) is 28.1. The van der Waals surface area contributed by atoms with Gasteiger partial charge in [-0.1, -0.05) is 24.3 Å². The fraction of sp³-hybridized carbons (Fsp3) is 0.417. The maximum atomic E-state index is 6.01. The number of hydrogen-bond acceptors (Lipinski definition) is 7. The van der Waals surface area contributed by atoms with Gasteiger partial charge in [0.2, 0.25) is 0 Å². The third-order valence-electron chi connectivity index (χ3n) is 9.49. The van der Waals surface area contributed by atoms with Crippen LogP contribution in [0.2, 0.25) is 0 Å². The van der Waals surface area contributed by atoms with Gasteiger partial charge in [-0.25, -0.2) is 0 Å². The van der Waals surface area contributed by atoms with Crippen molar-refractivity contribution in [3.8, 4) is 11.5 Å². The molecule has 1 saturated carbocycles.